The van der Waals surface area contributed by atoms with Crippen molar-refractivity contribution in [2.24, 2.45) is 0 Å². The van der Waals surface area contributed by atoms with Crippen molar-refractivity contribution in [2.75, 3.05) is 30.4 Å². The van der Waals surface area contributed by atoms with Crippen molar-refractivity contribution >= 4 is 35.4 Å². The zero-order chi connectivity index (χ0) is 29.1. The van der Waals surface area contributed by atoms with E-state index in [9.17, 15) is 28.7 Å². The van der Waals surface area contributed by atoms with Crippen LogP contribution in [0.5, 0.6) is 0 Å². The number of hydrogen-bond acceptors (Lipinski definition) is 5. The molecule has 11 heteroatoms. The van der Waals surface area contributed by atoms with Gasteiger partial charge in [0.1, 0.15) is 11.9 Å². The summed E-state index contributed by atoms with van der Waals surface area (Å²) in [5, 5.41) is 14.6. The van der Waals surface area contributed by atoms with Gasteiger partial charge in [-0.05, 0) is 60.9 Å². The highest BCUT2D eigenvalue weighted by atomic mass is 19.1. The van der Waals surface area contributed by atoms with Crippen molar-refractivity contribution < 1.29 is 33.4 Å². The molecule has 3 aromatic rings. The van der Waals surface area contributed by atoms with Crippen LogP contribution in [0.3, 0.4) is 0 Å². The molecular formula is C30H29FN4O6. The molecule has 4 amide bonds. The second-order valence-electron chi connectivity index (χ2n) is 10.2. The largest absolute Gasteiger partial charge is 0.465 e. The molecule has 5 rings (SSSR count). The fourth-order valence-corrected chi connectivity index (χ4v) is 5.34. The maximum atomic E-state index is 14.2. The number of fused-ring (bicyclic) bond motifs is 2. The van der Waals surface area contributed by atoms with Gasteiger partial charge in [0.15, 0.2) is 5.60 Å². The molecule has 41 heavy (non-hydrogen) atoms. The maximum absolute atomic E-state index is 14.2. The number of anilines is 2. The van der Waals surface area contributed by atoms with E-state index < -0.39 is 35.6 Å². The molecule has 3 N–H and O–H groups in total. The van der Waals surface area contributed by atoms with Crippen molar-refractivity contribution in [3.63, 3.8) is 0 Å². The molecule has 1 saturated heterocycles. The topological polar surface area (TPSA) is 128 Å². The van der Waals surface area contributed by atoms with Gasteiger partial charge < -0.3 is 20.1 Å². The van der Waals surface area contributed by atoms with E-state index in [1.807, 2.05) is 30.3 Å². The second-order valence-corrected chi connectivity index (χ2v) is 10.2. The number of likely N-dealkylation sites (tertiary alicyclic amines) is 1. The van der Waals surface area contributed by atoms with Crippen LogP contribution in [0.25, 0.3) is 0 Å². The van der Waals surface area contributed by atoms with Crippen LogP contribution in [0.15, 0.2) is 72.8 Å². The summed E-state index contributed by atoms with van der Waals surface area (Å²) in [5.74, 6) is -1.35. The number of carbonyl (C=O) groups is 4. The van der Waals surface area contributed by atoms with E-state index in [-0.39, 0.29) is 24.4 Å². The normalized spacial score (nSPS) is 18.5. The number of nitrogens with one attached hydrogen (secondary N) is 2. The third-order valence-electron chi connectivity index (χ3n) is 7.45. The van der Waals surface area contributed by atoms with Crippen LogP contribution in [0.1, 0.15) is 34.3 Å². The fourth-order valence-electron chi connectivity index (χ4n) is 5.34. The van der Waals surface area contributed by atoms with Crippen molar-refractivity contribution in [2.45, 2.75) is 30.9 Å². The Morgan fingerprint density at radius 3 is 2.56 bits per heavy atom. The molecule has 2 aliphatic rings. The Morgan fingerprint density at radius 1 is 1.12 bits per heavy atom. The van der Waals surface area contributed by atoms with Crippen LogP contribution in [-0.4, -0.2) is 60.2 Å². The highest BCUT2D eigenvalue weighted by Gasteiger charge is 2.47. The van der Waals surface area contributed by atoms with Gasteiger partial charge in [-0.2, -0.15) is 0 Å². The highest BCUT2D eigenvalue weighted by Crippen LogP contribution is 2.42. The first-order valence-electron chi connectivity index (χ1n) is 13.2. The summed E-state index contributed by atoms with van der Waals surface area (Å²) in [6.45, 7) is 0.376. The van der Waals surface area contributed by atoms with E-state index in [4.69, 9.17) is 4.74 Å². The zero-order valence-electron chi connectivity index (χ0n) is 22.3. The van der Waals surface area contributed by atoms with E-state index in [1.54, 1.807) is 4.90 Å². The van der Waals surface area contributed by atoms with Crippen molar-refractivity contribution in [1.82, 2.24) is 10.2 Å². The number of hydrogen-bond donors (Lipinski definition) is 3. The van der Waals surface area contributed by atoms with Crippen molar-refractivity contribution in [3.05, 3.63) is 95.3 Å². The molecule has 1 spiro atoms. The molecule has 2 atom stereocenters. The Labute approximate surface area is 235 Å². The van der Waals surface area contributed by atoms with Crippen LogP contribution in [0.2, 0.25) is 0 Å². The minimum atomic E-state index is -1.22. The average molecular weight is 561 g/mol. The van der Waals surface area contributed by atoms with Gasteiger partial charge in [-0.1, -0.05) is 30.3 Å². The molecule has 0 radical (unpaired) electrons. The SMILES string of the molecule is CN(C(=O)O)c1ccc(C(=O)N[C@@H](Cc2ccccc2)C(=O)N2CCC[C@@]3(C2)OC(=O)Nc2ccc(F)cc23)cc1. The lowest BCUT2D eigenvalue weighted by atomic mass is 9.83. The summed E-state index contributed by atoms with van der Waals surface area (Å²) >= 11 is 0. The number of rotatable bonds is 6. The lowest BCUT2D eigenvalue weighted by Crippen LogP contribution is -2.57. The van der Waals surface area contributed by atoms with E-state index in [0.29, 0.717) is 36.3 Å². The highest BCUT2D eigenvalue weighted by molar-refractivity contribution is 5.98. The Morgan fingerprint density at radius 2 is 1.85 bits per heavy atom. The van der Waals surface area contributed by atoms with Gasteiger partial charge in [0.05, 0.1) is 12.2 Å². The summed E-state index contributed by atoms with van der Waals surface area (Å²) in [5.41, 5.74) is 1.15. The molecule has 2 aliphatic heterocycles. The van der Waals surface area contributed by atoms with Gasteiger partial charge in [0.25, 0.3) is 5.91 Å². The van der Waals surface area contributed by atoms with Crippen LogP contribution in [-0.2, 0) is 21.6 Å². The Bertz CT molecular complexity index is 1480. The van der Waals surface area contributed by atoms with Gasteiger partial charge in [0, 0.05) is 36.8 Å². The van der Waals surface area contributed by atoms with Gasteiger partial charge in [0.2, 0.25) is 5.91 Å². The predicted octanol–water partition coefficient (Wildman–Crippen LogP) is 4.36. The van der Waals surface area contributed by atoms with Crippen molar-refractivity contribution in [1.29, 1.82) is 0 Å². The molecule has 0 aliphatic carbocycles. The molecule has 3 aromatic carbocycles. The lowest BCUT2D eigenvalue weighted by Gasteiger charge is -2.45. The van der Waals surface area contributed by atoms with Crippen molar-refractivity contribution in [3.8, 4) is 0 Å². The second kappa shape index (κ2) is 11.3. The predicted molar refractivity (Wildman–Crippen MR) is 148 cm³/mol. The average Bonchev–Trinajstić information content (AvgIpc) is 2.97. The Kier molecular flexibility index (Phi) is 7.60. The number of carbonyl (C=O) groups excluding carboxylic acids is 3. The minimum Gasteiger partial charge on any atom is -0.465 e. The van der Waals surface area contributed by atoms with Gasteiger partial charge in [-0.3, -0.25) is 19.8 Å². The van der Waals surface area contributed by atoms with Crippen LogP contribution < -0.4 is 15.5 Å². The third-order valence-corrected chi connectivity index (χ3v) is 7.45. The summed E-state index contributed by atoms with van der Waals surface area (Å²) in [7, 11) is 1.39. The monoisotopic (exact) mass is 560 g/mol. The smallest absolute Gasteiger partial charge is 0.412 e. The molecule has 212 valence electrons. The number of carboxylic acid groups (broad SMARTS) is 1. The minimum absolute atomic E-state index is 0.00703. The summed E-state index contributed by atoms with van der Waals surface area (Å²) < 4.78 is 20.0. The number of halogens is 1. The summed E-state index contributed by atoms with van der Waals surface area (Å²) in [6, 6.07) is 18.3. The first-order chi connectivity index (χ1) is 19.6. The fraction of sp³-hybridized carbons (Fsp3) is 0.267. The number of piperidine rings is 1. The zero-order valence-corrected chi connectivity index (χ0v) is 22.3. The van der Waals surface area contributed by atoms with Gasteiger partial charge >= 0.3 is 12.2 Å². The van der Waals surface area contributed by atoms with E-state index in [2.05, 4.69) is 10.6 Å². The first-order valence-corrected chi connectivity index (χ1v) is 13.2. The first kappa shape index (κ1) is 27.6. The molecule has 0 unspecified atom stereocenters. The Hall–Kier alpha value is -4.93. The standard InChI is InChI=1S/C30H29FN4O6/c1-34(29(39)40)22-11-8-20(9-12-22)26(36)32-25(16-19-6-3-2-4-7-19)27(37)35-15-5-14-30(18-35)23-17-21(31)10-13-24(23)33-28(38)41-30/h2-4,6-13,17,25H,5,14-16,18H2,1H3,(H,32,36)(H,33,38)(H,39,40)/t25-,30-/m0/s1. The number of ether oxygens (including phenoxy) is 1. The molecule has 0 aromatic heterocycles. The lowest BCUT2D eigenvalue weighted by molar-refractivity contribution is -0.141. The van der Waals surface area contributed by atoms with E-state index >= 15 is 0 Å². The summed E-state index contributed by atoms with van der Waals surface area (Å²) in [4.78, 5) is 53.5. The van der Waals surface area contributed by atoms with E-state index in [1.165, 1.54) is 49.5 Å². The quantitative estimate of drug-likeness (QED) is 0.411. The van der Waals surface area contributed by atoms with Crippen LogP contribution in [0, 0.1) is 5.82 Å². The third kappa shape index (κ3) is 5.84. The van der Waals surface area contributed by atoms with Gasteiger partial charge in [-0.15, -0.1) is 0 Å². The van der Waals surface area contributed by atoms with Crippen LogP contribution >= 0.6 is 0 Å². The van der Waals surface area contributed by atoms with Crippen LogP contribution in [0.4, 0.5) is 25.4 Å². The Balaban J connectivity index is 1.40. The number of nitrogens with zero attached hydrogens (tertiary/aromatic N) is 2. The maximum Gasteiger partial charge on any atom is 0.412 e. The molecule has 1 fully saturated rings. The van der Waals surface area contributed by atoms with E-state index in [0.717, 1.165) is 10.5 Å². The summed E-state index contributed by atoms with van der Waals surface area (Å²) in [6.07, 6.45) is -0.696. The number of benzene rings is 3. The molecule has 2 heterocycles. The molecule has 10 nitrogen and oxygen atoms in total. The molecule has 0 saturated carbocycles. The molecular weight excluding hydrogens is 531 g/mol. The molecule has 0 bridgehead atoms. The number of amides is 4. The van der Waals surface area contributed by atoms with Gasteiger partial charge in [-0.25, -0.2) is 14.0 Å².